The van der Waals surface area contributed by atoms with Gasteiger partial charge in [-0.1, -0.05) is 12.5 Å². The zero-order chi connectivity index (χ0) is 13.8. The number of rotatable bonds is 4. The molecule has 1 aromatic rings. The first-order valence-electron chi connectivity index (χ1n) is 7.51. The highest BCUT2D eigenvalue weighted by Crippen LogP contribution is 2.31. The third-order valence-electron chi connectivity index (χ3n) is 4.14. The monoisotopic (exact) mass is 293 g/mol. The molecule has 0 amide bonds. The number of hydrogen-bond acceptors (Lipinski definition) is 4. The van der Waals surface area contributed by atoms with E-state index in [1.54, 1.807) is 0 Å². The normalized spacial score (nSPS) is 25.4. The lowest BCUT2D eigenvalue weighted by atomic mass is 10.1. The zero-order valence-electron chi connectivity index (χ0n) is 12.1. The van der Waals surface area contributed by atoms with Crippen LogP contribution in [-0.4, -0.2) is 30.8 Å². The van der Waals surface area contributed by atoms with Crippen molar-refractivity contribution in [2.24, 2.45) is 0 Å². The Morgan fingerprint density at radius 1 is 1.15 bits per heavy atom. The maximum absolute atomic E-state index is 5.75. The Kier molecular flexibility index (Phi) is 4.73. The molecule has 1 aromatic carbocycles. The van der Waals surface area contributed by atoms with Crippen molar-refractivity contribution in [3.63, 3.8) is 0 Å². The standard InChI is InChI=1S/C16H23NO2S/c1-20-16-5-2-4-13(16)17-11-12-6-7-14-15(10-12)19-9-3-8-18-14/h6-7,10,13,16-17H,2-5,8-9,11H2,1H3. The first kappa shape index (κ1) is 14.1. The quantitative estimate of drug-likeness (QED) is 0.923. The molecule has 2 atom stereocenters. The molecule has 110 valence electrons. The van der Waals surface area contributed by atoms with Gasteiger partial charge in [0.25, 0.3) is 0 Å². The van der Waals surface area contributed by atoms with E-state index in [1.165, 1.54) is 24.8 Å². The molecule has 2 aliphatic rings. The number of benzene rings is 1. The summed E-state index contributed by atoms with van der Waals surface area (Å²) in [6.45, 7) is 2.42. The van der Waals surface area contributed by atoms with Crippen LogP contribution in [0.3, 0.4) is 0 Å². The molecule has 0 bridgehead atoms. The van der Waals surface area contributed by atoms with Gasteiger partial charge in [0, 0.05) is 24.3 Å². The minimum Gasteiger partial charge on any atom is -0.490 e. The Morgan fingerprint density at radius 3 is 2.85 bits per heavy atom. The van der Waals surface area contributed by atoms with Crippen molar-refractivity contribution < 1.29 is 9.47 Å². The second-order valence-electron chi connectivity index (χ2n) is 5.52. The predicted molar refractivity (Wildman–Crippen MR) is 83.8 cm³/mol. The summed E-state index contributed by atoms with van der Waals surface area (Å²) in [5, 5.41) is 4.48. The third kappa shape index (κ3) is 3.23. The lowest BCUT2D eigenvalue weighted by Crippen LogP contribution is -2.33. The summed E-state index contributed by atoms with van der Waals surface area (Å²) < 4.78 is 11.4. The van der Waals surface area contributed by atoms with E-state index in [-0.39, 0.29) is 0 Å². The van der Waals surface area contributed by atoms with Crippen molar-refractivity contribution in [3.05, 3.63) is 23.8 Å². The molecule has 3 nitrogen and oxygen atoms in total. The van der Waals surface area contributed by atoms with Crippen LogP contribution in [0.15, 0.2) is 18.2 Å². The Morgan fingerprint density at radius 2 is 2.00 bits per heavy atom. The molecule has 1 saturated carbocycles. The summed E-state index contributed by atoms with van der Waals surface area (Å²) in [7, 11) is 0. The number of hydrogen-bond donors (Lipinski definition) is 1. The highest BCUT2D eigenvalue weighted by molar-refractivity contribution is 7.99. The molecule has 3 rings (SSSR count). The van der Waals surface area contributed by atoms with Crippen LogP contribution >= 0.6 is 11.8 Å². The van der Waals surface area contributed by atoms with Crippen molar-refractivity contribution in [1.29, 1.82) is 0 Å². The minimum absolute atomic E-state index is 0.654. The van der Waals surface area contributed by atoms with Gasteiger partial charge in [0.1, 0.15) is 0 Å². The van der Waals surface area contributed by atoms with E-state index in [0.29, 0.717) is 6.04 Å². The van der Waals surface area contributed by atoms with E-state index in [1.807, 2.05) is 17.8 Å². The molecule has 4 heteroatoms. The Balaban J connectivity index is 1.61. The van der Waals surface area contributed by atoms with Gasteiger partial charge in [-0.15, -0.1) is 0 Å². The molecule has 0 saturated heterocycles. The largest absolute Gasteiger partial charge is 0.490 e. The lowest BCUT2D eigenvalue weighted by Gasteiger charge is -2.19. The first-order chi connectivity index (χ1) is 9.86. The smallest absolute Gasteiger partial charge is 0.161 e. The van der Waals surface area contributed by atoms with Gasteiger partial charge in [-0.25, -0.2) is 0 Å². The van der Waals surface area contributed by atoms with Crippen LogP contribution < -0.4 is 14.8 Å². The molecular weight excluding hydrogens is 270 g/mol. The summed E-state index contributed by atoms with van der Waals surface area (Å²) in [4.78, 5) is 0. The lowest BCUT2D eigenvalue weighted by molar-refractivity contribution is 0.297. The van der Waals surface area contributed by atoms with Crippen LogP contribution in [0.1, 0.15) is 31.2 Å². The molecule has 20 heavy (non-hydrogen) atoms. The van der Waals surface area contributed by atoms with Crippen LogP contribution in [0.4, 0.5) is 0 Å². The second kappa shape index (κ2) is 6.72. The highest BCUT2D eigenvalue weighted by Gasteiger charge is 2.25. The summed E-state index contributed by atoms with van der Waals surface area (Å²) in [5.74, 6) is 1.78. The summed E-state index contributed by atoms with van der Waals surface area (Å²) >= 11 is 1.99. The number of ether oxygens (including phenoxy) is 2. The summed E-state index contributed by atoms with van der Waals surface area (Å²) in [5.41, 5.74) is 1.28. The fraction of sp³-hybridized carbons (Fsp3) is 0.625. The van der Waals surface area contributed by atoms with E-state index < -0.39 is 0 Å². The van der Waals surface area contributed by atoms with Crippen LogP contribution in [0.5, 0.6) is 11.5 Å². The first-order valence-corrected chi connectivity index (χ1v) is 8.80. The number of thioether (sulfide) groups is 1. The van der Waals surface area contributed by atoms with Crippen LogP contribution in [-0.2, 0) is 6.54 Å². The van der Waals surface area contributed by atoms with Gasteiger partial charge in [0.05, 0.1) is 13.2 Å². The predicted octanol–water partition coefficient (Wildman–Crippen LogP) is 3.22. The van der Waals surface area contributed by atoms with Crippen molar-refractivity contribution in [2.45, 2.75) is 43.5 Å². The molecule has 0 radical (unpaired) electrons. The summed E-state index contributed by atoms with van der Waals surface area (Å²) in [6.07, 6.45) is 7.18. The Bertz CT molecular complexity index is 452. The van der Waals surface area contributed by atoms with E-state index in [0.717, 1.165) is 42.9 Å². The van der Waals surface area contributed by atoms with Crippen molar-refractivity contribution in [3.8, 4) is 11.5 Å². The van der Waals surface area contributed by atoms with Crippen LogP contribution in [0.2, 0.25) is 0 Å². The maximum atomic E-state index is 5.75. The fourth-order valence-corrected chi connectivity index (χ4v) is 3.97. The minimum atomic E-state index is 0.654. The van der Waals surface area contributed by atoms with Gasteiger partial charge in [0.2, 0.25) is 0 Å². The molecule has 1 heterocycles. The van der Waals surface area contributed by atoms with E-state index >= 15 is 0 Å². The molecule has 1 aliphatic carbocycles. The molecule has 0 aromatic heterocycles. The van der Waals surface area contributed by atoms with Crippen LogP contribution in [0, 0.1) is 0 Å². The molecule has 0 spiro atoms. The summed E-state index contributed by atoms with van der Waals surface area (Å²) in [6, 6.07) is 6.96. The van der Waals surface area contributed by atoms with Crippen molar-refractivity contribution >= 4 is 11.8 Å². The molecular formula is C16H23NO2S. The fourth-order valence-electron chi connectivity index (χ4n) is 3.01. The van der Waals surface area contributed by atoms with Gasteiger partial charge in [-0.3, -0.25) is 0 Å². The van der Waals surface area contributed by atoms with E-state index in [2.05, 4.69) is 23.7 Å². The van der Waals surface area contributed by atoms with Crippen molar-refractivity contribution in [1.82, 2.24) is 5.32 Å². The average molecular weight is 293 g/mol. The topological polar surface area (TPSA) is 30.5 Å². The van der Waals surface area contributed by atoms with Gasteiger partial charge >= 0.3 is 0 Å². The van der Waals surface area contributed by atoms with Gasteiger partial charge in [-0.2, -0.15) is 11.8 Å². The Hall–Kier alpha value is -0.870. The van der Waals surface area contributed by atoms with E-state index in [9.17, 15) is 0 Å². The second-order valence-corrected chi connectivity index (χ2v) is 6.60. The SMILES string of the molecule is CSC1CCCC1NCc1ccc2c(c1)OCCCO2. The third-order valence-corrected chi connectivity index (χ3v) is 5.31. The molecule has 2 unspecified atom stereocenters. The zero-order valence-corrected chi connectivity index (χ0v) is 12.9. The number of nitrogens with one attached hydrogen (secondary N) is 1. The number of fused-ring (bicyclic) bond motifs is 1. The average Bonchev–Trinajstić information content (AvgIpc) is 2.81. The van der Waals surface area contributed by atoms with Gasteiger partial charge in [0.15, 0.2) is 11.5 Å². The maximum Gasteiger partial charge on any atom is 0.161 e. The van der Waals surface area contributed by atoms with Crippen molar-refractivity contribution in [2.75, 3.05) is 19.5 Å². The molecule has 1 aliphatic heterocycles. The highest BCUT2D eigenvalue weighted by atomic mass is 32.2. The molecule has 1 N–H and O–H groups in total. The molecule has 1 fully saturated rings. The van der Waals surface area contributed by atoms with Gasteiger partial charge in [-0.05, 0) is 36.8 Å². The van der Waals surface area contributed by atoms with E-state index in [4.69, 9.17) is 9.47 Å². The van der Waals surface area contributed by atoms with Crippen LogP contribution in [0.25, 0.3) is 0 Å². The van der Waals surface area contributed by atoms with Gasteiger partial charge < -0.3 is 14.8 Å². The Labute approximate surface area is 125 Å².